The average molecular weight is 295 g/mol. The van der Waals surface area contributed by atoms with Crippen molar-refractivity contribution >= 4 is 11.8 Å². The Morgan fingerprint density at radius 1 is 1.57 bits per heavy atom. The molecule has 116 valence electrons. The van der Waals surface area contributed by atoms with Gasteiger partial charge in [0.1, 0.15) is 6.61 Å². The van der Waals surface area contributed by atoms with Crippen molar-refractivity contribution in [2.75, 3.05) is 26.2 Å². The van der Waals surface area contributed by atoms with E-state index in [4.69, 9.17) is 9.15 Å². The lowest BCUT2D eigenvalue weighted by molar-refractivity contribution is -0.149. The van der Waals surface area contributed by atoms with Crippen molar-refractivity contribution in [2.45, 2.75) is 26.9 Å². The Hall–Kier alpha value is -1.89. The highest BCUT2D eigenvalue weighted by Crippen LogP contribution is 2.09. The van der Waals surface area contributed by atoms with E-state index in [1.807, 2.05) is 0 Å². The van der Waals surface area contributed by atoms with Crippen LogP contribution < -0.4 is 5.32 Å². The second-order valence-corrected chi connectivity index (χ2v) is 5.60. The van der Waals surface area contributed by atoms with E-state index < -0.39 is 0 Å². The minimum Gasteiger partial charge on any atom is -0.438 e. The summed E-state index contributed by atoms with van der Waals surface area (Å²) in [5.74, 6) is 0.290. The molecule has 1 aliphatic rings. The first kappa shape index (κ1) is 15.5. The number of morpholine rings is 1. The smallest absolute Gasteiger partial charge is 0.289 e. The zero-order valence-electron chi connectivity index (χ0n) is 12.6. The van der Waals surface area contributed by atoms with Gasteiger partial charge in [-0.25, -0.2) is 4.98 Å². The van der Waals surface area contributed by atoms with E-state index >= 15 is 0 Å². The lowest BCUT2D eigenvalue weighted by atomic mass is 10.1. The summed E-state index contributed by atoms with van der Waals surface area (Å²) in [6.45, 7) is 7.42. The Balaban J connectivity index is 1.84. The molecule has 1 aromatic rings. The zero-order valence-corrected chi connectivity index (χ0v) is 12.6. The predicted octanol–water partition coefficient (Wildman–Crippen LogP) is 0.596. The van der Waals surface area contributed by atoms with Crippen molar-refractivity contribution in [1.29, 1.82) is 0 Å². The molecular weight excluding hydrogens is 274 g/mol. The van der Waals surface area contributed by atoms with Crippen LogP contribution in [0.1, 0.15) is 30.1 Å². The van der Waals surface area contributed by atoms with E-state index in [0.29, 0.717) is 31.2 Å². The van der Waals surface area contributed by atoms with Crippen LogP contribution >= 0.6 is 0 Å². The van der Waals surface area contributed by atoms with Crippen molar-refractivity contribution in [3.63, 3.8) is 0 Å². The molecule has 0 aliphatic carbocycles. The highest BCUT2D eigenvalue weighted by Gasteiger charge is 2.27. The lowest BCUT2D eigenvalue weighted by Crippen LogP contribution is -2.51. The topological polar surface area (TPSA) is 84.7 Å². The SMILES string of the molecule is Cc1ncoc1C(=O)NCC1CN(CC(C)C)C(=O)CO1. The van der Waals surface area contributed by atoms with Crippen LogP contribution in [0.25, 0.3) is 0 Å². The van der Waals surface area contributed by atoms with Gasteiger partial charge in [-0.1, -0.05) is 13.8 Å². The van der Waals surface area contributed by atoms with Crippen LogP contribution in [0.3, 0.4) is 0 Å². The van der Waals surface area contributed by atoms with Gasteiger partial charge in [-0.05, 0) is 12.8 Å². The highest BCUT2D eigenvalue weighted by molar-refractivity contribution is 5.92. The summed E-state index contributed by atoms with van der Waals surface area (Å²) < 4.78 is 10.5. The highest BCUT2D eigenvalue weighted by atomic mass is 16.5. The van der Waals surface area contributed by atoms with Gasteiger partial charge in [0, 0.05) is 19.6 Å². The number of nitrogens with zero attached hydrogens (tertiary/aromatic N) is 2. The molecule has 7 heteroatoms. The zero-order chi connectivity index (χ0) is 15.4. The Kier molecular flexibility index (Phi) is 4.95. The van der Waals surface area contributed by atoms with Crippen LogP contribution in [0, 0.1) is 12.8 Å². The second kappa shape index (κ2) is 6.71. The standard InChI is InChI=1S/C14H21N3O4/c1-9(2)5-17-6-11(20-7-12(17)18)4-15-14(19)13-10(3)16-8-21-13/h8-9,11H,4-7H2,1-3H3,(H,15,19). The number of carbonyl (C=O) groups is 2. The quantitative estimate of drug-likeness (QED) is 0.859. The van der Waals surface area contributed by atoms with Crippen LogP contribution in [0.15, 0.2) is 10.8 Å². The number of nitrogens with one attached hydrogen (secondary N) is 1. The lowest BCUT2D eigenvalue weighted by Gasteiger charge is -2.33. The number of aryl methyl sites for hydroxylation is 1. The summed E-state index contributed by atoms with van der Waals surface area (Å²) in [5, 5.41) is 2.75. The molecule has 1 N–H and O–H groups in total. The third kappa shape index (κ3) is 4.04. The van der Waals surface area contributed by atoms with Gasteiger partial charge in [0.2, 0.25) is 11.7 Å². The minimum atomic E-state index is -0.319. The fourth-order valence-corrected chi connectivity index (χ4v) is 2.23. The third-order valence-corrected chi connectivity index (χ3v) is 3.25. The van der Waals surface area contributed by atoms with Crippen LogP contribution in [0.5, 0.6) is 0 Å². The summed E-state index contributed by atoms with van der Waals surface area (Å²) in [5.41, 5.74) is 0.550. The summed E-state index contributed by atoms with van der Waals surface area (Å²) in [4.78, 5) is 29.3. The van der Waals surface area contributed by atoms with Crippen molar-refractivity contribution in [1.82, 2.24) is 15.2 Å². The second-order valence-electron chi connectivity index (χ2n) is 5.60. The summed E-state index contributed by atoms with van der Waals surface area (Å²) in [7, 11) is 0. The van der Waals surface area contributed by atoms with Crippen molar-refractivity contribution in [3.8, 4) is 0 Å². The van der Waals surface area contributed by atoms with Crippen molar-refractivity contribution < 1.29 is 18.7 Å². The van der Waals surface area contributed by atoms with E-state index in [2.05, 4.69) is 24.1 Å². The molecule has 1 saturated heterocycles. The van der Waals surface area contributed by atoms with Gasteiger partial charge in [-0.15, -0.1) is 0 Å². The molecule has 0 spiro atoms. The van der Waals surface area contributed by atoms with Gasteiger partial charge in [-0.2, -0.15) is 0 Å². The average Bonchev–Trinajstić information content (AvgIpc) is 2.85. The maximum Gasteiger partial charge on any atom is 0.289 e. The largest absolute Gasteiger partial charge is 0.438 e. The monoisotopic (exact) mass is 295 g/mol. The van der Waals surface area contributed by atoms with Gasteiger partial charge in [0.25, 0.3) is 5.91 Å². The third-order valence-electron chi connectivity index (χ3n) is 3.25. The van der Waals surface area contributed by atoms with E-state index in [1.165, 1.54) is 6.39 Å². The molecule has 0 aromatic carbocycles. The Labute approximate surface area is 123 Å². The van der Waals surface area contributed by atoms with Gasteiger partial charge >= 0.3 is 0 Å². The first-order valence-corrected chi connectivity index (χ1v) is 7.05. The van der Waals surface area contributed by atoms with Crippen molar-refractivity contribution in [2.24, 2.45) is 5.92 Å². The van der Waals surface area contributed by atoms with E-state index in [-0.39, 0.29) is 30.3 Å². The number of aromatic nitrogens is 1. The molecule has 0 bridgehead atoms. The molecule has 2 amide bonds. The summed E-state index contributed by atoms with van der Waals surface area (Å²) in [6, 6.07) is 0. The number of carbonyl (C=O) groups excluding carboxylic acids is 2. The molecule has 0 radical (unpaired) electrons. The molecule has 2 rings (SSSR count). The van der Waals surface area contributed by atoms with Gasteiger partial charge < -0.3 is 19.4 Å². The molecule has 1 unspecified atom stereocenters. The number of oxazole rings is 1. The van der Waals surface area contributed by atoms with Crippen LogP contribution in [0.4, 0.5) is 0 Å². The molecule has 1 aliphatic heterocycles. The normalized spacial score (nSPS) is 19.1. The Bertz CT molecular complexity index is 512. The van der Waals surface area contributed by atoms with Crippen LogP contribution in [-0.2, 0) is 9.53 Å². The Morgan fingerprint density at radius 3 is 2.95 bits per heavy atom. The number of ether oxygens (including phenoxy) is 1. The first-order chi connectivity index (χ1) is 9.97. The van der Waals surface area contributed by atoms with Crippen molar-refractivity contribution in [3.05, 3.63) is 17.8 Å². The van der Waals surface area contributed by atoms with Crippen LogP contribution in [-0.4, -0.2) is 54.0 Å². The summed E-state index contributed by atoms with van der Waals surface area (Å²) in [6.07, 6.45) is 1.04. The molecule has 1 atom stereocenters. The van der Waals surface area contributed by atoms with E-state index in [9.17, 15) is 9.59 Å². The molecular formula is C14H21N3O4. The van der Waals surface area contributed by atoms with Gasteiger partial charge in [0.15, 0.2) is 6.39 Å². The molecule has 0 saturated carbocycles. The maximum atomic E-state index is 11.9. The number of hydrogen-bond acceptors (Lipinski definition) is 5. The molecule has 21 heavy (non-hydrogen) atoms. The fourth-order valence-electron chi connectivity index (χ4n) is 2.23. The summed E-state index contributed by atoms with van der Waals surface area (Å²) >= 11 is 0. The van der Waals surface area contributed by atoms with E-state index in [0.717, 1.165) is 0 Å². The molecule has 2 heterocycles. The maximum absolute atomic E-state index is 11.9. The molecule has 1 fully saturated rings. The number of amides is 2. The molecule has 1 aromatic heterocycles. The fraction of sp³-hybridized carbons (Fsp3) is 0.643. The number of hydrogen-bond donors (Lipinski definition) is 1. The predicted molar refractivity (Wildman–Crippen MR) is 74.7 cm³/mol. The molecule has 7 nitrogen and oxygen atoms in total. The van der Waals surface area contributed by atoms with Crippen LogP contribution in [0.2, 0.25) is 0 Å². The number of rotatable bonds is 5. The van der Waals surface area contributed by atoms with Gasteiger partial charge in [-0.3, -0.25) is 9.59 Å². The first-order valence-electron chi connectivity index (χ1n) is 7.05. The minimum absolute atomic E-state index is 0.00245. The van der Waals surface area contributed by atoms with Gasteiger partial charge in [0.05, 0.1) is 11.8 Å². The Morgan fingerprint density at radius 2 is 2.33 bits per heavy atom. The van der Waals surface area contributed by atoms with E-state index in [1.54, 1.807) is 11.8 Å².